The van der Waals surface area contributed by atoms with Gasteiger partial charge in [0.25, 0.3) is 0 Å². The van der Waals surface area contributed by atoms with E-state index >= 15 is 0 Å². The van der Waals surface area contributed by atoms with Crippen LogP contribution in [0.15, 0.2) is 18.2 Å². The Kier molecular flexibility index (Phi) is 5.99. The molecule has 1 aromatic carbocycles. The number of piperidine rings is 1. The van der Waals surface area contributed by atoms with Crippen LogP contribution in [0.4, 0.5) is 8.78 Å². The zero-order valence-corrected chi connectivity index (χ0v) is 11.3. The second-order valence-corrected chi connectivity index (χ2v) is 4.54. The Labute approximate surface area is 113 Å². The third kappa shape index (κ3) is 3.64. The highest BCUT2D eigenvalue weighted by molar-refractivity contribution is 5.85. The van der Waals surface area contributed by atoms with Crippen molar-refractivity contribution >= 4 is 12.4 Å². The van der Waals surface area contributed by atoms with Gasteiger partial charge in [0.05, 0.1) is 0 Å². The van der Waals surface area contributed by atoms with E-state index in [4.69, 9.17) is 0 Å². The average molecular weight is 277 g/mol. The molecule has 102 valence electrons. The van der Waals surface area contributed by atoms with E-state index in [1.165, 1.54) is 18.2 Å². The van der Waals surface area contributed by atoms with Crippen molar-refractivity contribution < 1.29 is 8.78 Å². The summed E-state index contributed by atoms with van der Waals surface area (Å²) >= 11 is 0. The number of hydrogen-bond donors (Lipinski definition) is 1. The zero-order chi connectivity index (χ0) is 12.3. The second kappa shape index (κ2) is 7.02. The minimum atomic E-state index is -0.444. The monoisotopic (exact) mass is 276 g/mol. The van der Waals surface area contributed by atoms with E-state index in [1.54, 1.807) is 0 Å². The molecule has 18 heavy (non-hydrogen) atoms. The highest BCUT2D eigenvalue weighted by Gasteiger charge is 2.19. The van der Waals surface area contributed by atoms with Crippen LogP contribution in [0.2, 0.25) is 0 Å². The lowest BCUT2D eigenvalue weighted by Crippen LogP contribution is -2.41. The Morgan fingerprint density at radius 2 is 1.78 bits per heavy atom. The van der Waals surface area contributed by atoms with Gasteiger partial charge in [-0.25, -0.2) is 8.78 Å². The van der Waals surface area contributed by atoms with E-state index in [2.05, 4.69) is 10.2 Å². The molecule has 0 atom stereocenters. The van der Waals surface area contributed by atoms with Crippen molar-refractivity contribution in [2.75, 3.05) is 20.1 Å². The molecule has 1 fully saturated rings. The molecular weight excluding hydrogens is 258 g/mol. The van der Waals surface area contributed by atoms with Crippen molar-refractivity contribution in [2.45, 2.75) is 25.4 Å². The second-order valence-electron chi connectivity index (χ2n) is 4.54. The number of hydrogen-bond acceptors (Lipinski definition) is 2. The van der Waals surface area contributed by atoms with E-state index in [1.807, 2.05) is 7.05 Å². The molecule has 1 heterocycles. The fourth-order valence-corrected chi connectivity index (χ4v) is 2.29. The summed E-state index contributed by atoms with van der Waals surface area (Å²) < 4.78 is 26.9. The molecule has 0 radical (unpaired) electrons. The minimum Gasteiger partial charge on any atom is -0.317 e. The molecule has 0 amide bonds. The number of likely N-dealkylation sites (tertiary alicyclic amines) is 1. The summed E-state index contributed by atoms with van der Waals surface area (Å²) in [4.78, 5) is 2.11. The number of rotatable bonds is 3. The lowest BCUT2D eigenvalue weighted by Gasteiger charge is -2.31. The highest BCUT2D eigenvalue weighted by Crippen LogP contribution is 2.18. The van der Waals surface area contributed by atoms with Gasteiger partial charge in [0.2, 0.25) is 0 Å². The molecule has 0 aromatic heterocycles. The third-order valence-electron chi connectivity index (χ3n) is 3.44. The maximum atomic E-state index is 13.5. The van der Waals surface area contributed by atoms with Crippen molar-refractivity contribution in [2.24, 2.45) is 0 Å². The first-order valence-corrected chi connectivity index (χ1v) is 6.03. The van der Waals surface area contributed by atoms with Gasteiger partial charge in [-0.05, 0) is 45.1 Å². The number of nitrogens with zero attached hydrogens (tertiary/aromatic N) is 1. The van der Waals surface area contributed by atoms with Crippen molar-refractivity contribution in [3.8, 4) is 0 Å². The Morgan fingerprint density at radius 1 is 1.22 bits per heavy atom. The maximum Gasteiger partial charge on any atom is 0.130 e. The third-order valence-corrected chi connectivity index (χ3v) is 3.44. The Balaban J connectivity index is 0.00000162. The molecule has 0 aliphatic carbocycles. The molecule has 2 nitrogen and oxygen atoms in total. The van der Waals surface area contributed by atoms with Crippen LogP contribution in [0.3, 0.4) is 0 Å². The standard InChI is InChI=1S/C13H18F2N2.ClH/c1-16-10-5-7-17(8-6-10)9-11-12(14)3-2-4-13(11)15;/h2-4,10,16H,5-9H2,1H3;1H. The van der Waals surface area contributed by atoms with Gasteiger partial charge in [0, 0.05) is 18.2 Å². The fraction of sp³-hybridized carbons (Fsp3) is 0.538. The van der Waals surface area contributed by atoms with E-state index < -0.39 is 11.6 Å². The van der Waals surface area contributed by atoms with Crippen LogP contribution in [-0.2, 0) is 6.54 Å². The lowest BCUT2D eigenvalue weighted by molar-refractivity contribution is 0.190. The molecule has 1 N–H and O–H groups in total. The van der Waals surface area contributed by atoms with Gasteiger partial charge < -0.3 is 5.32 Å². The van der Waals surface area contributed by atoms with E-state index in [-0.39, 0.29) is 18.0 Å². The highest BCUT2D eigenvalue weighted by atomic mass is 35.5. The zero-order valence-electron chi connectivity index (χ0n) is 10.5. The van der Waals surface area contributed by atoms with Crippen LogP contribution in [0.5, 0.6) is 0 Å². The van der Waals surface area contributed by atoms with Crippen molar-refractivity contribution in [1.82, 2.24) is 10.2 Å². The molecule has 1 saturated heterocycles. The Morgan fingerprint density at radius 3 is 2.28 bits per heavy atom. The van der Waals surface area contributed by atoms with Gasteiger partial charge >= 0.3 is 0 Å². The van der Waals surface area contributed by atoms with Crippen molar-refractivity contribution in [1.29, 1.82) is 0 Å². The molecule has 2 rings (SSSR count). The predicted octanol–water partition coefficient (Wildman–Crippen LogP) is 2.57. The molecule has 1 aromatic rings. The largest absolute Gasteiger partial charge is 0.317 e. The minimum absolute atomic E-state index is 0. The fourth-order valence-electron chi connectivity index (χ4n) is 2.29. The molecule has 5 heteroatoms. The number of benzene rings is 1. The average Bonchev–Trinajstić information content (AvgIpc) is 2.35. The van der Waals surface area contributed by atoms with Crippen LogP contribution in [-0.4, -0.2) is 31.1 Å². The molecular formula is C13H19ClF2N2. The van der Waals surface area contributed by atoms with Crippen LogP contribution < -0.4 is 5.32 Å². The van der Waals surface area contributed by atoms with Crippen LogP contribution in [0.1, 0.15) is 18.4 Å². The SMILES string of the molecule is CNC1CCN(Cc2c(F)cccc2F)CC1.Cl. The first-order valence-electron chi connectivity index (χ1n) is 6.03. The lowest BCUT2D eigenvalue weighted by atomic mass is 10.0. The molecule has 0 unspecified atom stereocenters. The first kappa shape index (κ1) is 15.3. The molecule has 0 bridgehead atoms. The van der Waals surface area contributed by atoms with E-state index in [0.29, 0.717) is 12.6 Å². The molecule has 1 aliphatic heterocycles. The van der Waals surface area contributed by atoms with Crippen molar-refractivity contribution in [3.63, 3.8) is 0 Å². The van der Waals surface area contributed by atoms with E-state index in [0.717, 1.165) is 25.9 Å². The van der Waals surface area contributed by atoms with Crippen molar-refractivity contribution in [3.05, 3.63) is 35.4 Å². The Bertz CT molecular complexity index is 359. The van der Waals surface area contributed by atoms with Gasteiger partial charge in [-0.1, -0.05) is 6.07 Å². The summed E-state index contributed by atoms with van der Waals surface area (Å²) in [5, 5.41) is 3.24. The first-order chi connectivity index (χ1) is 8.20. The quantitative estimate of drug-likeness (QED) is 0.913. The van der Waals surface area contributed by atoms with Gasteiger partial charge in [-0.15, -0.1) is 12.4 Å². The van der Waals surface area contributed by atoms with Gasteiger partial charge in [0.15, 0.2) is 0 Å². The topological polar surface area (TPSA) is 15.3 Å². The van der Waals surface area contributed by atoms with Crippen LogP contribution >= 0.6 is 12.4 Å². The summed E-state index contributed by atoms with van der Waals surface area (Å²) in [5.74, 6) is -0.888. The van der Waals surface area contributed by atoms with Gasteiger partial charge in [0.1, 0.15) is 11.6 Å². The molecule has 1 aliphatic rings. The van der Waals surface area contributed by atoms with Gasteiger partial charge in [-0.2, -0.15) is 0 Å². The summed E-state index contributed by atoms with van der Waals surface area (Å²) in [6.45, 7) is 2.15. The normalized spacial score (nSPS) is 17.5. The summed E-state index contributed by atoms with van der Waals surface area (Å²) in [6.07, 6.45) is 2.07. The maximum absolute atomic E-state index is 13.5. The molecule has 0 saturated carbocycles. The number of nitrogens with one attached hydrogen (secondary N) is 1. The van der Waals surface area contributed by atoms with Crippen LogP contribution in [0, 0.1) is 11.6 Å². The van der Waals surface area contributed by atoms with Gasteiger partial charge in [-0.3, -0.25) is 4.90 Å². The summed E-state index contributed by atoms with van der Waals surface area (Å²) in [7, 11) is 1.96. The summed E-state index contributed by atoms with van der Waals surface area (Å²) in [6, 6.07) is 4.58. The smallest absolute Gasteiger partial charge is 0.130 e. The number of halogens is 3. The predicted molar refractivity (Wildman–Crippen MR) is 71.0 cm³/mol. The van der Waals surface area contributed by atoms with E-state index in [9.17, 15) is 8.78 Å². The summed E-state index contributed by atoms with van der Waals surface area (Å²) in [5.41, 5.74) is 0.190. The Hall–Kier alpha value is -0.710. The van der Waals surface area contributed by atoms with Crippen LogP contribution in [0.25, 0.3) is 0 Å². The molecule has 0 spiro atoms.